The Morgan fingerprint density at radius 2 is 1.94 bits per heavy atom. The van der Waals surface area contributed by atoms with E-state index < -0.39 is 6.10 Å². The normalized spacial score (nSPS) is 12.4. The minimum Gasteiger partial charge on any atom is -0.389 e. The van der Waals surface area contributed by atoms with Crippen LogP contribution in [0.5, 0.6) is 0 Å². The lowest BCUT2D eigenvalue weighted by Gasteiger charge is -2.06. The second kappa shape index (κ2) is 5.54. The van der Waals surface area contributed by atoms with Gasteiger partial charge in [0.15, 0.2) is 0 Å². The molecule has 1 aromatic carbocycles. The molecule has 0 amide bonds. The van der Waals surface area contributed by atoms with Crippen LogP contribution in [0.3, 0.4) is 0 Å². The number of nitrogens with zero attached hydrogens (tertiary/aromatic N) is 1. The van der Waals surface area contributed by atoms with Crippen LogP contribution in [0.2, 0.25) is 5.02 Å². The van der Waals surface area contributed by atoms with Crippen molar-refractivity contribution >= 4 is 23.4 Å². The zero-order valence-corrected chi connectivity index (χ0v) is 10.9. The number of hydrogen-bond donors (Lipinski definition) is 1. The van der Waals surface area contributed by atoms with Crippen molar-refractivity contribution in [1.29, 1.82) is 0 Å². The largest absolute Gasteiger partial charge is 0.389 e. The lowest BCUT2D eigenvalue weighted by atomic mass is 10.2. The standard InChI is InChI=1S/C13H12ClNOS/c1-9(16)10-6-7-15-13(8-10)17-12-4-2-11(14)3-5-12/h2-9,16H,1H3. The first-order valence-electron chi connectivity index (χ1n) is 5.22. The van der Waals surface area contributed by atoms with Gasteiger partial charge in [-0.1, -0.05) is 23.4 Å². The van der Waals surface area contributed by atoms with Crippen LogP contribution < -0.4 is 0 Å². The molecular formula is C13H12ClNOS. The fourth-order valence-electron chi connectivity index (χ4n) is 1.36. The van der Waals surface area contributed by atoms with Crippen molar-refractivity contribution in [2.24, 2.45) is 0 Å². The molecule has 1 aromatic heterocycles. The molecule has 0 aliphatic rings. The molecule has 88 valence electrons. The fraction of sp³-hybridized carbons (Fsp3) is 0.154. The van der Waals surface area contributed by atoms with Crippen molar-refractivity contribution in [3.05, 3.63) is 53.2 Å². The lowest BCUT2D eigenvalue weighted by molar-refractivity contribution is 0.199. The highest BCUT2D eigenvalue weighted by Crippen LogP contribution is 2.28. The molecule has 2 nitrogen and oxygen atoms in total. The van der Waals surface area contributed by atoms with Crippen LogP contribution in [0.15, 0.2) is 52.5 Å². The molecule has 1 atom stereocenters. The first-order valence-corrected chi connectivity index (χ1v) is 6.42. The number of benzene rings is 1. The van der Waals surface area contributed by atoms with Gasteiger partial charge < -0.3 is 5.11 Å². The number of aromatic nitrogens is 1. The summed E-state index contributed by atoms with van der Waals surface area (Å²) in [6, 6.07) is 11.3. The van der Waals surface area contributed by atoms with Crippen molar-refractivity contribution in [2.45, 2.75) is 22.9 Å². The molecule has 17 heavy (non-hydrogen) atoms. The van der Waals surface area contributed by atoms with Gasteiger partial charge in [-0.3, -0.25) is 0 Å². The molecule has 1 heterocycles. The molecule has 2 rings (SSSR count). The van der Waals surface area contributed by atoms with Gasteiger partial charge in [0.1, 0.15) is 5.03 Å². The van der Waals surface area contributed by atoms with Crippen LogP contribution in [0.1, 0.15) is 18.6 Å². The third kappa shape index (κ3) is 3.46. The molecule has 2 aromatic rings. The molecule has 0 saturated carbocycles. The Labute approximate surface area is 110 Å². The van der Waals surface area contributed by atoms with Gasteiger partial charge in [0, 0.05) is 16.1 Å². The van der Waals surface area contributed by atoms with E-state index in [0.717, 1.165) is 20.5 Å². The summed E-state index contributed by atoms with van der Waals surface area (Å²) in [4.78, 5) is 5.33. The Morgan fingerprint density at radius 3 is 2.59 bits per heavy atom. The summed E-state index contributed by atoms with van der Waals surface area (Å²) in [5, 5.41) is 11.1. The second-order valence-electron chi connectivity index (χ2n) is 3.66. The smallest absolute Gasteiger partial charge is 0.101 e. The minimum absolute atomic E-state index is 0.470. The first-order chi connectivity index (χ1) is 8.15. The van der Waals surface area contributed by atoms with E-state index in [2.05, 4.69) is 4.98 Å². The van der Waals surface area contributed by atoms with Crippen LogP contribution in [-0.4, -0.2) is 10.1 Å². The number of rotatable bonds is 3. The number of pyridine rings is 1. The van der Waals surface area contributed by atoms with Gasteiger partial charge in [-0.25, -0.2) is 4.98 Å². The molecule has 0 fully saturated rings. The topological polar surface area (TPSA) is 33.1 Å². The van der Waals surface area contributed by atoms with Gasteiger partial charge in [0.25, 0.3) is 0 Å². The predicted molar refractivity (Wildman–Crippen MR) is 70.4 cm³/mol. The average molecular weight is 266 g/mol. The molecule has 1 unspecified atom stereocenters. The van der Waals surface area contributed by atoms with Crippen LogP contribution in [0, 0.1) is 0 Å². The Hall–Kier alpha value is -1.03. The molecule has 4 heteroatoms. The predicted octanol–water partition coefficient (Wildman–Crippen LogP) is 3.94. The monoisotopic (exact) mass is 265 g/mol. The SMILES string of the molecule is CC(O)c1ccnc(Sc2ccc(Cl)cc2)c1. The van der Waals surface area contributed by atoms with Crippen LogP contribution in [0.4, 0.5) is 0 Å². The third-order valence-electron chi connectivity index (χ3n) is 2.28. The van der Waals surface area contributed by atoms with E-state index in [1.807, 2.05) is 36.4 Å². The third-order valence-corrected chi connectivity index (χ3v) is 3.47. The number of aliphatic hydroxyl groups is 1. The summed E-state index contributed by atoms with van der Waals surface area (Å²) in [6.45, 7) is 1.74. The number of aliphatic hydroxyl groups excluding tert-OH is 1. The van der Waals surface area contributed by atoms with E-state index in [1.165, 1.54) is 0 Å². The van der Waals surface area contributed by atoms with Gasteiger partial charge in [-0.15, -0.1) is 0 Å². The maximum absolute atomic E-state index is 9.50. The molecular weight excluding hydrogens is 254 g/mol. The highest BCUT2D eigenvalue weighted by Gasteiger charge is 2.04. The highest BCUT2D eigenvalue weighted by molar-refractivity contribution is 7.99. The quantitative estimate of drug-likeness (QED) is 0.913. The van der Waals surface area contributed by atoms with E-state index in [1.54, 1.807) is 24.9 Å². The Balaban J connectivity index is 2.18. The average Bonchev–Trinajstić information content (AvgIpc) is 2.32. The number of halogens is 1. The molecule has 1 N–H and O–H groups in total. The first kappa shape index (κ1) is 12.4. The van der Waals surface area contributed by atoms with Crippen molar-refractivity contribution < 1.29 is 5.11 Å². The zero-order chi connectivity index (χ0) is 12.3. The maximum Gasteiger partial charge on any atom is 0.101 e. The molecule has 0 bridgehead atoms. The van der Waals surface area contributed by atoms with E-state index in [0.29, 0.717) is 0 Å². The molecule has 0 saturated heterocycles. The molecule has 0 radical (unpaired) electrons. The Morgan fingerprint density at radius 1 is 1.24 bits per heavy atom. The molecule has 0 spiro atoms. The second-order valence-corrected chi connectivity index (χ2v) is 5.19. The van der Waals surface area contributed by atoms with Crippen molar-refractivity contribution in [3.63, 3.8) is 0 Å². The molecule has 0 aliphatic heterocycles. The van der Waals surface area contributed by atoms with Crippen molar-refractivity contribution in [1.82, 2.24) is 4.98 Å². The fourth-order valence-corrected chi connectivity index (χ4v) is 2.31. The molecule has 0 aliphatic carbocycles. The van der Waals surface area contributed by atoms with E-state index in [-0.39, 0.29) is 0 Å². The van der Waals surface area contributed by atoms with Gasteiger partial charge >= 0.3 is 0 Å². The summed E-state index contributed by atoms with van der Waals surface area (Å²) in [5.74, 6) is 0. The Bertz CT molecular complexity index is 499. The Kier molecular flexibility index (Phi) is 4.05. The number of hydrogen-bond acceptors (Lipinski definition) is 3. The van der Waals surface area contributed by atoms with Gasteiger partial charge in [-0.2, -0.15) is 0 Å². The minimum atomic E-state index is -0.470. The highest BCUT2D eigenvalue weighted by atomic mass is 35.5. The van der Waals surface area contributed by atoms with Gasteiger partial charge in [0.05, 0.1) is 6.10 Å². The summed E-state index contributed by atoms with van der Waals surface area (Å²) >= 11 is 7.37. The summed E-state index contributed by atoms with van der Waals surface area (Å²) < 4.78 is 0. The summed E-state index contributed by atoms with van der Waals surface area (Å²) in [5.41, 5.74) is 0.872. The van der Waals surface area contributed by atoms with Crippen LogP contribution in [-0.2, 0) is 0 Å². The lowest BCUT2D eigenvalue weighted by Crippen LogP contribution is -1.92. The van der Waals surface area contributed by atoms with E-state index >= 15 is 0 Å². The van der Waals surface area contributed by atoms with Crippen LogP contribution in [0.25, 0.3) is 0 Å². The van der Waals surface area contributed by atoms with Crippen LogP contribution >= 0.6 is 23.4 Å². The summed E-state index contributed by atoms with van der Waals surface area (Å²) in [6.07, 6.45) is 1.24. The van der Waals surface area contributed by atoms with Crippen molar-refractivity contribution in [3.8, 4) is 0 Å². The van der Waals surface area contributed by atoms with Gasteiger partial charge in [-0.05, 0) is 48.9 Å². The summed E-state index contributed by atoms with van der Waals surface area (Å²) in [7, 11) is 0. The van der Waals surface area contributed by atoms with E-state index in [4.69, 9.17) is 11.6 Å². The van der Waals surface area contributed by atoms with E-state index in [9.17, 15) is 5.11 Å². The zero-order valence-electron chi connectivity index (χ0n) is 9.30. The maximum atomic E-state index is 9.50. The van der Waals surface area contributed by atoms with Crippen molar-refractivity contribution in [2.75, 3.05) is 0 Å². The van der Waals surface area contributed by atoms with Gasteiger partial charge in [0.2, 0.25) is 0 Å².